The predicted molar refractivity (Wildman–Crippen MR) is 75.0 cm³/mol. The van der Waals surface area contributed by atoms with Crippen molar-refractivity contribution in [2.75, 3.05) is 25.6 Å². The predicted octanol–water partition coefficient (Wildman–Crippen LogP) is 0.793. The highest BCUT2D eigenvalue weighted by Gasteiger charge is 2.06. The number of methoxy groups -OCH3 is 1. The van der Waals surface area contributed by atoms with Gasteiger partial charge in [-0.25, -0.2) is 9.78 Å². The van der Waals surface area contributed by atoms with Gasteiger partial charge < -0.3 is 10.1 Å². The topological polar surface area (TPSA) is 81.9 Å². The number of aromatic nitrogens is 4. The summed E-state index contributed by atoms with van der Waals surface area (Å²) in [7, 11) is 1.59. The molecule has 8 heteroatoms. The van der Waals surface area contributed by atoms with Crippen LogP contribution in [-0.2, 0) is 11.3 Å². The van der Waals surface area contributed by atoms with Gasteiger partial charge in [-0.3, -0.25) is 9.55 Å². The molecule has 0 saturated heterocycles. The number of hydrogen-bond donors (Lipinski definition) is 1. The second-order valence-corrected chi connectivity index (χ2v) is 4.35. The lowest BCUT2D eigenvalue weighted by Crippen LogP contribution is -2.26. The summed E-state index contributed by atoms with van der Waals surface area (Å²) in [4.78, 5) is 23.9. The summed E-state index contributed by atoms with van der Waals surface area (Å²) in [6.07, 6.45) is 3.03. The van der Waals surface area contributed by atoms with E-state index in [0.717, 1.165) is 0 Å². The normalized spacial score (nSPS) is 10.5. The summed E-state index contributed by atoms with van der Waals surface area (Å²) in [6.45, 7) is 1.28. The van der Waals surface area contributed by atoms with Crippen molar-refractivity contribution in [2.24, 2.45) is 0 Å². The first-order chi connectivity index (χ1) is 9.70. The molecule has 0 spiro atoms. The molecule has 0 aromatic carbocycles. The van der Waals surface area contributed by atoms with Crippen LogP contribution in [-0.4, -0.2) is 39.8 Å². The Bertz CT molecular complexity index is 631. The van der Waals surface area contributed by atoms with Crippen molar-refractivity contribution in [2.45, 2.75) is 6.54 Å². The van der Waals surface area contributed by atoms with Gasteiger partial charge in [-0.05, 0) is 12.1 Å². The fraction of sp³-hybridized carbons (Fsp3) is 0.333. The van der Waals surface area contributed by atoms with E-state index in [0.29, 0.717) is 23.9 Å². The van der Waals surface area contributed by atoms with Crippen molar-refractivity contribution in [1.29, 1.82) is 0 Å². The maximum Gasteiger partial charge on any atom is 0.352 e. The molecule has 0 atom stereocenters. The number of anilines is 1. The highest BCUT2D eigenvalue weighted by molar-refractivity contribution is 6.31. The zero-order chi connectivity index (χ0) is 14.4. The Labute approximate surface area is 120 Å². The molecule has 0 aliphatic heterocycles. The van der Waals surface area contributed by atoms with Gasteiger partial charge in [0.05, 0.1) is 23.9 Å². The van der Waals surface area contributed by atoms with Crippen LogP contribution in [0.25, 0.3) is 0 Å². The molecule has 0 bridgehead atoms. The maximum absolute atomic E-state index is 11.9. The molecular formula is C12H14ClN5O2. The minimum atomic E-state index is -0.415. The van der Waals surface area contributed by atoms with Crippen LogP contribution in [0.4, 0.5) is 5.95 Å². The average molecular weight is 296 g/mol. The first-order valence-corrected chi connectivity index (χ1v) is 6.34. The summed E-state index contributed by atoms with van der Waals surface area (Å²) in [5.74, 6) is 0.274. The Morgan fingerprint density at radius 3 is 3.00 bits per heavy atom. The summed E-state index contributed by atoms with van der Waals surface area (Å²) in [5.41, 5.74) is 0.182. The molecule has 2 rings (SSSR count). The van der Waals surface area contributed by atoms with Crippen molar-refractivity contribution in [3.8, 4) is 0 Å². The monoisotopic (exact) mass is 295 g/mol. The quantitative estimate of drug-likeness (QED) is 0.794. The van der Waals surface area contributed by atoms with Gasteiger partial charge >= 0.3 is 5.69 Å². The lowest BCUT2D eigenvalue weighted by molar-refractivity contribution is 0.210. The highest BCUT2D eigenvalue weighted by Crippen LogP contribution is 2.12. The molecule has 2 heterocycles. The SMILES string of the molecule is COCCNc1ncn(Cc2ncccc2Cl)c(=O)n1. The third kappa shape index (κ3) is 3.75. The molecule has 106 valence electrons. The molecule has 0 aliphatic rings. The Morgan fingerprint density at radius 2 is 2.30 bits per heavy atom. The number of rotatable bonds is 6. The van der Waals surface area contributed by atoms with Gasteiger partial charge in [0.1, 0.15) is 6.33 Å². The molecule has 1 N–H and O–H groups in total. The van der Waals surface area contributed by atoms with Crippen molar-refractivity contribution in [3.05, 3.63) is 45.9 Å². The van der Waals surface area contributed by atoms with Gasteiger partial charge in [-0.1, -0.05) is 11.6 Å². The van der Waals surface area contributed by atoms with Crippen molar-refractivity contribution in [3.63, 3.8) is 0 Å². The second kappa shape index (κ2) is 6.97. The molecule has 0 saturated carbocycles. The lowest BCUT2D eigenvalue weighted by atomic mass is 10.3. The van der Waals surface area contributed by atoms with Gasteiger partial charge in [-0.15, -0.1) is 0 Å². The van der Waals surface area contributed by atoms with E-state index in [9.17, 15) is 4.79 Å². The van der Waals surface area contributed by atoms with Crippen molar-refractivity contribution in [1.82, 2.24) is 19.5 Å². The number of halogens is 1. The van der Waals surface area contributed by atoms with Gasteiger partial charge in [0.15, 0.2) is 0 Å². The second-order valence-electron chi connectivity index (χ2n) is 3.94. The summed E-state index contributed by atoms with van der Waals surface area (Å²) in [5, 5.41) is 3.39. The molecule has 0 amide bonds. The van der Waals surface area contributed by atoms with Crippen molar-refractivity contribution >= 4 is 17.5 Å². The maximum atomic E-state index is 11.9. The molecule has 0 unspecified atom stereocenters. The van der Waals surface area contributed by atoms with E-state index in [1.807, 2.05) is 0 Å². The van der Waals surface area contributed by atoms with E-state index in [4.69, 9.17) is 16.3 Å². The zero-order valence-corrected chi connectivity index (χ0v) is 11.7. The number of nitrogens with one attached hydrogen (secondary N) is 1. The Balaban J connectivity index is 2.10. The number of nitrogens with zero attached hydrogens (tertiary/aromatic N) is 4. The molecule has 0 radical (unpaired) electrons. The minimum Gasteiger partial charge on any atom is -0.383 e. The first kappa shape index (κ1) is 14.4. The number of pyridine rings is 1. The molecule has 0 aliphatic carbocycles. The molecule has 20 heavy (non-hydrogen) atoms. The van der Waals surface area contributed by atoms with Crippen LogP contribution >= 0.6 is 11.6 Å². The van der Waals surface area contributed by atoms with E-state index in [-0.39, 0.29) is 12.5 Å². The van der Waals surface area contributed by atoms with Gasteiger partial charge in [0.2, 0.25) is 5.95 Å². The molecule has 7 nitrogen and oxygen atoms in total. The number of ether oxygens (including phenoxy) is 1. The van der Waals surface area contributed by atoms with Gasteiger partial charge in [-0.2, -0.15) is 4.98 Å². The van der Waals surface area contributed by atoms with E-state index in [1.165, 1.54) is 10.9 Å². The van der Waals surface area contributed by atoms with E-state index < -0.39 is 5.69 Å². The third-order valence-electron chi connectivity index (χ3n) is 2.51. The van der Waals surface area contributed by atoms with Crippen LogP contribution < -0.4 is 11.0 Å². The fourth-order valence-electron chi connectivity index (χ4n) is 1.51. The largest absolute Gasteiger partial charge is 0.383 e. The third-order valence-corrected chi connectivity index (χ3v) is 2.85. The van der Waals surface area contributed by atoms with Crippen LogP contribution in [0.3, 0.4) is 0 Å². The molecular weight excluding hydrogens is 282 g/mol. The molecule has 2 aromatic heterocycles. The highest BCUT2D eigenvalue weighted by atomic mass is 35.5. The van der Waals surface area contributed by atoms with Crippen LogP contribution in [0.15, 0.2) is 29.5 Å². The van der Waals surface area contributed by atoms with E-state index >= 15 is 0 Å². The summed E-state index contributed by atoms with van der Waals surface area (Å²) >= 11 is 6.00. The van der Waals surface area contributed by atoms with E-state index in [1.54, 1.807) is 25.4 Å². The molecule has 2 aromatic rings. The Hall–Kier alpha value is -1.99. The van der Waals surface area contributed by atoms with Gasteiger partial charge in [0.25, 0.3) is 0 Å². The van der Waals surface area contributed by atoms with Crippen LogP contribution in [0, 0.1) is 0 Å². The smallest absolute Gasteiger partial charge is 0.352 e. The van der Waals surface area contributed by atoms with Crippen LogP contribution in [0.2, 0.25) is 5.02 Å². The summed E-state index contributed by atoms with van der Waals surface area (Å²) in [6, 6.07) is 3.45. The van der Waals surface area contributed by atoms with Crippen molar-refractivity contribution < 1.29 is 4.74 Å². The zero-order valence-electron chi connectivity index (χ0n) is 10.9. The van der Waals surface area contributed by atoms with Crippen LogP contribution in [0.1, 0.15) is 5.69 Å². The summed E-state index contributed by atoms with van der Waals surface area (Å²) < 4.78 is 6.23. The van der Waals surface area contributed by atoms with E-state index in [2.05, 4.69) is 20.3 Å². The average Bonchev–Trinajstić information content (AvgIpc) is 2.44. The molecule has 0 fully saturated rings. The minimum absolute atomic E-state index is 0.233. The number of hydrogen-bond acceptors (Lipinski definition) is 6. The first-order valence-electron chi connectivity index (χ1n) is 5.96. The fourth-order valence-corrected chi connectivity index (χ4v) is 1.69. The standard InChI is InChI=1S/C12H14ClN5O2/c1-20-6-5-15-11-16-8-18(12(19)17-11)7-10-9(13)3-2-4-14-10/h2-4,8H,5-7H2,1H3,(H,15,17,19). The van der Waals surface area contributed by atoms with Gasteiger partial charge in [0, 0.05) is 19.9 Å². The Morgan fingerprint density at radius 1 is 1.45 bits per heavy atom. The van der Waals surface area contributed by atoms with Crippen LogP contribution in [0.5, 0.6) is 0 Å². The lowest BCUT2D eigenvalue weighted by Gasteiger charge is -2.07. The Kier molecular flexibility index (Phi) is 5.03.